The van der Waals surface area contributed by atoms with Gasteiger partial charge < -0.3 is 9.67 Å². The van der Waals surface area contributed by atoms with Crippen LogP contribution in [0.15, 0.2) is 12.4 Å². The van der Waals surface area contributed by atoms with E-state index < -0.39 is 5.97 Å². The molecular formula is C11H16N2O2. The highest BCUT2D eigenvalue weighted by Gasteiger charge is 2.18. The summed E-state index contributed by atoms with van der Waals surface area (Å²) in [4.78, 5) is 14.7. The van der Waals surface area contributed by atoms with Gasteiger partial charge >= 0.3 is 5.97 Å². The Morgan fingerprint density at radius 3 is 3.00 bits per heavy atom. The minimum Gasteiger partial charge on any atom is -0.481 e. The molecule has 1 fully saturated rings. The normalized spacial score (nSPS) is 16.3. The van der Waals surface area contributed by atoms with E-state index in [1.807, 2.05) is 6.20 Å². The molecule has 1 aromatic heterocycles. The molecule has 2 rings (SSSR count). The standard InChI is InChI=1S/C11H16N2O2/c14-11(15)5-4-10-12-6-7-13(10)8-9-2-1-3-9/h6-7,9H,1-5,8H2,(H,14,15). The van der Waals surface area contributed by atoms with Gasteiger partial charge in [0, 0.05) is 25.4 Å². The number of rotatable bonds is 5. The Hall–Kier alpha value is -1.32. The molecule has 1 aliphatic rings. The molecule has 0 spiro atoms. The molecule has 0 aromatic carbocycles. The molecule has 1 aromatic rings. The fourth-order valence-electron chi connectivity index (χ4n) is 1.91. The average Bonchev–Trinajstić information content (AvgIpc) is 2.55. The van der Waals surface area contributed by atoms with Gasteiger partial charge in [0.25, 0.3) is 0 Å². The minimum atomic E-state index is -0.756. The summed E-state index contributed by atoms with van der Waals surface area (Å²) < 4.78 is 2.10. The predicted octanol–water partition coefficient (Wildman–Crippen LogP) is 1.70. The number of hydrogen-bond acceptors (Lipinski definition) is 2. The van der Waals surface area contributed by atoms with Gasteiger partial charge in [0.2, 0.25) is 0 Å². The third kappa shape index (κ3) is 2.58. The summed E-state index contributed by atoms with van der Waals surface area (Å²) in [6, 6.07) is 0. The van der Waals surface area contributed by atoms with Crippen molar-refractivity contribution in [2.75, 3.05) is 0 Å². The number of nitrogens with zero attached hydrogens (tertiary/aromatic N) is 2. The van der Waals surface area contributed by atoms with Gasteiger partial charge in [-0.3, -0.25) is 4.79 Å². The number of aromatic nitrogens is 2. The Balaban J connectivity index is 1.91. The number of hydrogen-bond donors (Lipinski definition) is 1. The van der Waals surface area contributed by atoms with Gasteiger partial charge in [-0.15, -0.1) is 0 Å². The summed E-state index contributed by atoms with van der Waals surface area (Å²) >= 11 is 0. The lowest BCUT2D eigenvalue weighted by atomic mass is 9.85. The van der Waals surface area contributed by atoms with Gasteiger partial charge in [-0.25, -0.2) is 4.98 Å². The Labute approximate surface area is 88.9 Å². The molecule has 0 atom stereocenters. The van der Waals surface area contributed by atoms with Gasteiger partial charge in [-0.2, -0.15) is 0 Å². The first kappa shape index (κ1) is 10.2. The SMILES string of the molecule is O=C(O)CCc1nccn1CC1CCC1. The Kier molecular flexibility index (Phi) is 3.04. The molecule has 15 heavy (non-hydrogen) atoms. The van der Waals surface area contributed by atoms with Gasteiger partial charge in [0.1, 0.15) is 5.82 Å². The molecule has 0 bridgehead atoms. The van der Waals surface area contributed by atoms with Crippen LogP contribution in [0.25, 0.3) is 0 Å². The lowest BCUT2D eigenvalue weighted by Gasteiger charge is -2.26. The molecule has 0 amide bonds. The van der Waals surface area contributed by atoms with E-state index in [1.165, 1.54) is 19.3 Å². The molecular weight excluding hydrogens is 192 g/mol. The average molecular weight is 208 g/mol. The second-order valence-corrected chi connectivity index (χ2v) is 4.19. The van der Waals surface area contributed by atoms with Gasteiger partial charge in [0.15, 0.2) is 0 Å². The lowest BCUT2D eigenvalue weighted by Crippen LogP contribution is -2.19. The van der Waals surface area contributed by atoms with E-state index in [-0.39, 0.29) is 6.42 Å². The van der Waals surface area contributed by atoms with Crippen LogP contribution in [0, 0.1) is 5.92 Å². The van der Waals surface area contributed by atoms with Crippen LogP contribution in [0.3, 0.4) is 0 Å². The van der Waals surface area contributed by atoms with Crippen LogP contribution in [0.2, 0.25) is 0 Å². The summed E-state index contributed by atoms with van der Waals surface area (Å²) in [6.45, 7) is 1.01. The van der Waals surface area contributed by atoms with Crippen molar-refractivity contribution in [3.05, 3.63) is 18.2 Å². The quantitative estimate of drug-likeness (QED) is 0.801. The van der Waals surface area contributed by atoms with Crippen molar-refractivity contribution >= 4 is 5.97 Å². The van der Waals surface area contributed by atoms with Crippen molar-refractivity contribution in [3.8, 4) is 0 Å². The van der Waals surface area contributed by atoms with Gasteiger partial charge in [-0.05, 0) is 18.8 Å². The van der Waals surface area contributed by atoms with E-state index in [1.54, 1.807) is 6.20 Å². The van der Waals surface area contributed by atoms with Crippen molar-refractivity contribution in [2.24, 2.45) is 5.92 Å². The molecule has 1 N–H and O–H groups in total. The first-order valence-electron chi connectivity index (χ1n) is 5.47. The fraction of sp³-hybridized carbons (Fsp3) is 0.636. The van der Waals surface area contributed by atoms with E-state index in [4.69, 9.17) is 5.11 Å². The Morgan fingerprint density at radius 2 is 2.40 bits per heavy atom. The van der Waals surface area contributed by atoms with E-state index in [0.29, 0.717) is 6.42 Å². The monoisotopic (exact) mass is 208 g/mol. The second-order valence-electron chi connectivity index (χ2n) is 4.19. The molecule has 82 valence electrons. The zero-order valence-electron chi connectivity index (χ0n) is 8.72. The number of carboxylic acids is 1. The summed E-state index contributed by atoms with van der Waals surface area (Å²) in [6.07, 6.45) is 8.36. The topological polar surface area (TPSA) is 55.1 Å². The van der Waals surface area contributed by atoms with E-state index >= 15 is 0 Å². The van der Waals surface area contributed by atoms with Crippen molar-refractivity contribution in [1.29, 1.82) is 0 Å². The maximum Gasteiger partial charge on any atom is 0.303 e. The zero-order chi connectivity index (χ0) is 10.7. The predicted molar refractivity (Wildman–Crippen MR) is 55.5 cm³/mol. The molecule has 4 nitrogen and oxygen atoms in total. The van der Waals surface area contributed by atoms with Crippen molar-refractivity contribution in [1.82, 2.24) is 9.55 Å². The largest absolute Gasteiger partial charge is 0.481 e. The zero-order valence-corrected chi connectivity index (χ0v) is 8.72. The molecule has 0 aliphatic heterocycles. The van der Waals surface area contributed by atoms with Gasteiger partial charge in [-0.1, -0.05) is 6.42 Å². The van der Waals surface area contributed by atoms with Crippen molar-refractivity contribution < 1.29 is 9.90 Å². The maximum atomic E-state index is 10.5. The molecule has 1 saturated carbocycles. The third-order valence-corrected chi connectivity index (χ3v) is 3.04. The summed E-state index contributed by atoms with van der Waals surface area (Å²) in [5.74, 6) is 0.931. The number of carbonyl (C=O) groups is 1. The summed E-state index contributed by atoms with van der Waals surface area (Å²) in [5, 5.41) is 8.61. The van der Waals surface area contributed by atoms with E-state index in [9.17, 15) is 4.79 Å². The van der Waals surface area contributed by atoms with Crippen LogP contribution in [-0.2, 0) is 17.8 Å². The molecule has 0 saturated heterocycles. The van der Waals surface area contributed by atoms with Gasteiger partial charge in [0.05, 0.1) is 6.42 Å². The Bertz CT molecular complexity index is 342. The van der Waals surface area contributed by atoms with Crippen LogP contribution < -0.4 is 0 Å². The number of carboxylic acid groups (broad SMARTS) is 1. The summed E-state index contributed by atoms with van der Waals surface area (Å²) in [7, 11) is 0. The highest BCUT2D eigenvalue weighted by Crippen LogP contribution is 2.28. The van der Waals surface area contributed by atoms with E-state index in [0.717, 1.165) is 18.3 Å². The number of aryl methyl sites for hydroxylation is 1. The minimum absolute atomic E-state index is 0.168. The fourth-order valence-corrected chi connectivity index (χ4v) is 1.91. The van der Waals surface area contributed by atoms with E-state index in [2.05, 4.69) is 9.55 Å². The van der Waals surface area contributed by atoms with Crippen molar-refractivity contribution in [3.63, 3.8) is 0 Å². The Morgan fingerprint density at radius 1 is 1.60 bits per heavy atom. The maximum absolute atomic E-state index is 10.5. The first-order valence-corrected chi connectivity index (χ1v) is 5.47. The smallest absolute Gasteiger partial charge is 0.303 e. The molecule has 0 unspecified atom stereocenters. The van der Waals surface area contributed by atoms with Crippen LogP contribution in [0.1, 0.15) is 31.5 Å². The summed E-state index contributed by atoms with van der Waals surface area (Å²) in [5.41, 5.74) is 0. The highest BCUT2D eigenvalue weighted by molar-refractivity contribution is 5.66. The van der Waals surface area contributed by atoms with Crippen LogP contribution >= 0.6 is 0 Å². The molecule has 4 heteroatoms. The second kappa shape index (κ2) is 4.47. The number of imidazole rings is 1. The number of aliphatic carboxylic acids is 1. The third-order valence-electron chi connectivity index (χ3n) is 3.04. The first-order chi connectivity index (χ1) is 7.25. The lowest BCUT2D eigenvalue weighted by molar-refractivity contribution is -0.137. The van der Waals surface area contributed by atoms with Crippen molar-refractivity contribution in [2.45, 2.75) is 38.6 Å². The molecule has 0 radical (unpaired) electrons. The molecule has 1 aliphatic carbocycles. The van der Waals surface area contributed by atoms with Crippen LogP contribution in [-0.4, -0.2) is 20.6 Å². The highest BCUT2D eigenvalue weighted by atomic mass is 16.4. The van der Waals surface area contributed by atoms with Crippen LogP contribution in [0.4, 0.5) is 0 Å². The molecule has 1 heterocycles. The van der Waals surface area contributed by atoms with Crippen LogP contribution in [0.5, 0.6) is 0 Å².